The highest BCUT2D eigenvalue weighted by Gasteiger charge is 2.42. The normalized spacial score (nSPS) is 16.3. The Kier molecular flexibility index (Phi) is 8.52. The van der Waals surface area contributed by atoms with E-state index in [1.165, 1.54) is 6.20 Å². The van der Waals surface area contributed by atoms with E-state index in [2.05, 4.69) is 15.3 Å². The Labute approximate surface area is 239 Å². The number of hydrogen-bond acceptors (Lipinski definition) is 8. The second kappa shape index (κ2) is 12.2. The van der Waals surface area contributed by atoms with Crippen molar-refractivity contribution in [2.45, 2.75) is 31.9 Å². The summed E-state index contributed by atoms with van der Waals surface area (Å²) in [5.41, 5.74) is -1.16. The molecule has 0 spiro atoms. The van der Waals surface area contributed by atoms with E-state index in [0.29, 0.717) is 56.5 Å². The summed E-state index contributed by atoms with van der Waals surface area (Å²) in [5.74, 6) is -1.08. The van der Waals surface area contributed by atoms with Crippen molar-refractivity contribution >= 4 is 41.1 Å². The average Bonchev–Trinajstić information content (AvgIpc) is 3.29. The van der Waals surface area contributed by atoms with Crippen molar-refractivity contribution in [3.05, 3.63) is 59.1 Å². The van der Waals surface area contributed by atoms with Gasteiger partial charge < -0.3 is 29.2 Å². The number of carbonyl (C=O) groups excluding carboxylic acids is 2. The molecule has 0 unspecified atom stereocenters. The maximum Gasteiger partial charge on any atom is 0.437 e. The molecule has 2 aromatic heterocycles. The van der Waals surface area contributed by atoms with Gasteiger partial charge in [-0.1, -0.05) is 23.7 Å². The molecule has 3 aromatic rings. The minimum absolute atomic E-state index is 0.197. The Balaban J connectivity index is 1.21. The molecule has 0 bridgehead atoms. The SMILES string of the molecule is O=C(Nc1ccc(N2CCCN(C(=O)Oc3ccccc3Cl)CC2)nc1)c1oc(N2CCCCC2)nc1C(F)(F)F. The highest BCUT2D eigenvalue weighted by molar-refractivity contribution is 6.32. The Hall–Kier alpha value is -4.00. The maximum atomic E-state index is 13.6. The number of pyridine rings is 1. The fourth-order valence-electron chi connectivity index (χ4n) is 4.73. The summed E-state index contributed by atoms with van der Waals surface area (Å²) in [6, 6.07) is 9.72. The van der Waals surface area contributed by atoms with Gasteiger partial charge in [0.1, 0.15) is 5.82 Å². The van der Waals surface area contributed by atoms with Crippen LogP contribution in [0.25, 0.3) is 0 Å². The van der Waals surface area contributed by atoms with Crippen LogP contribution in [-0.4, -0.2) is 66.1 Å². The number of hydrogen-bond donors (Lipinski definition) is 1. The van der Waals surface area contributed by atoms with E-state index in [0.717, 1.165) is 19.3 Å². The summed E-state index contributed by atoms with van der Waals surface area (Å²) >= 11 is 6.08. The van der Waals surface area contributed by atoms with Crippen molar-refractivity contribution in [1.29, 1.82) is 0 Å². The van der Waals surface area contributed by atoms with Gasteiger partial charge in [0.25, 0.3) is 11.9 Å². The minimum Gasteiger partial charge on any atom is -0.417 e. The van der Waals surface area contributed by atoms with Crippen molar-refractivity contribution in [2.24, 2.45) is 0 Å². The standard InChI is InChI=1S/C27H28ClF3N6O4/c28-19-7-2-3-8-20(19)40-26(39)37-14-6-13-35(15-16-37)21-10-9-18(17-32-21)33-24(38)22-23(27(29,30)31)34-25(41-22)36-11-4-1-5-12-36/h2-3,7-10,17H,1,4-6,11-16H2,(H,33,38). The van der Waals surface area contributed by atoms with E-state index in [9.17, 15) is 22.8 Å². The first kappa shape index (κ1) is 28.5. The Morgan fingerprint density at radius 2 is 1.68 bits per heavy atom. The summed E-state index contributed by atoms with van der Waals surface area (Å²) in [5, 5.41) is 2.77. The quantitative estimate of drug-likeness (QED) is 0.403. The van der Waals surface area contributed by atoms with E-state index < -0.39 is 29.6 Å². The average molecular weight is 593 g/mol. The number of para-hydroxylation sites is 1. The molecule has 10 nitrogen and oxygen atoms in total. The molecule has 0 saturated carbocycles. The Morgan fingerprint density at radius 1 is 0.927 bits per heavy atom. The molecule has 0 atom stereocenters. The van der Waals surface area contributed by atoms with Gasteiger partial charge in [0, 0.05) is 39.3 Å². The summed E-state index contributed by atoms with van der Waals surface area (Å²) in [7, 11) is 0. The van der Waals surface area contributed by atoms with Gasteiger partial charge in [-0.25, -0.2) is 9.78 Å². The molecule has 218 valence electrons. The molecule has 1 N–H and O–H groups in total. The molecule has 0 aliphatic carbocycles. The molecule has 2 fully saturated rings. The van der Waals surface area contributed by atoms with Crippen molar-refractivity contribution in [3.63, 3.8) is 0 Å². The molecule has 2 saturated heterocycles. The van der Waals surface area contributed by atoms with E-state index in [1.807, 2.05) is 4.90 Å². The van der Waals surface area contributed by atoms with Crippen LogP contribution in [0.1, 0.15) is 41.9 Å². The number of piperidine rings is 1. The lowest BCUT2D eigenvalue weighted by Gasteiger charge is -2.24. The van der Waals surface area contributed by atoms with Crippen molar-refractivity contribution < 1.29 is 31.9 Å². The van der Waals surface area contributed by atoms with Crippen LogP contribution in [0.4, 0.5) is 35.5 Å². The van der Waals surface area contributed by atoms with Crippen LogP contribution in [0.15, 0.2) is 47.0 Å². The number of nitrogens with one attached hydrogen (secondary N) is 1. The van der Waals surface area contributed by atoms with Gasteiger partial charge in [-0.2, -0.15) is 18.2 Å². The molecule has 1 aromatic carbocycles. The van der Waals surface area contributed by atoms with Gasteiger partial charge in [0.05, 0.1) is 16.9 Å². The number of ether oxygens (including phenoxy) is 1. The van der Waals surface area contributed by atoms with Gasteiger partial charge in [-0.05, 0) is 49.9 Å². The Bertz CT molecular complexity index is 1380. The highest BCUT2D eigenvalue weighted by atomic mass is 35.5. The summed E-state index contributed by atoms with van der Waals surface area (Å²) < 4.78 is 51.7. The molecule has 2 amide bonds. The van der Waals surface area contributed by atoms with Crippen LogP contribution in [-0.2, 0) is 6.18 Å². The number of anilines is 3. The molecule has 5 rings (SSSR count). The van der Waals surface area contributed by atoms with Crippen LogP contribution in [0.3, 0.4) is 0 Å². The smallest absolute Gasteiger partial charge is 0.417 e. The molecule has 0 radical (unpaired) electrons. The number of nitrogens with zero attached hydrogens (tertiary/aromatic N) is 5. The van der Waals surface area contributed by atoms with Crippen molar-refractivity contribution in [3.8, 4) is 5.75 Å². The Morgan fingerprint density at radius 3 is 2.39 bits per heavy atom. The van der Waals surface area contributed by atoms with E-state index in [4.69, 9.17) is 20.8 Å². The van der Waals surface area contributed by atoms with Crippen LogP contribution >= 0.6 is 11.6 Å². The van der Waals surface area contributed by atoms with Crippen LogP contribution in [0.2, 0.25) is 5.02 Å². The van der Waals surface area contributed by atoms with E-state index >= 15 is 0 Å². The maximum absolute atomic E-state index is 13.6. The van der Waals surface area contributed by atoms with Crippen LogP contribution in [0, 0.1) is 0 Å². The zero-order valence-electron chi connectivity index (χ0n) is 22.0. The predicted molar refractivity (Wildman–Crippen MR) is 146 cm³/mol. The van der Waals surface area contributed by atoms with Gasteiger partial charge in [0.15, 0.2) is 11.4 Å². The highest BCUT2D eigenvalue weighted by Crippen LogP contribution is 2.35. The second-order valence-corrected chi connectivity index (χ2v) is 10.1. The third-order valence-corrected chi connectivity index (χ3v) is 7.15. The van der Waals surface area contributed by atoms with Crippen molar-refractivity contribution in [1.82, 2.24) is 14.9 Å². The molecule has 14 heteroatoms. The topological polar surface area (TPSA) is 104 Å². The van der Waals surface area contributed by atoms with Gasteiger partial charge in [-0.3, -0.25) is 4.79 Å². The number of benzene rings is 1. The monoisotopic (exact) mass is 592 g/mol. The molecule has 2 aliphatic rings. The zero-order chi connectivity index (χ0) is 29.0. The van der Waals surface area contributed by atoms with Gasteiger partial charge >= 0.3 is 12.3 Å². The molecule has 41 heavy (non-hydrogen) atoms. The lowest BCUT2D eigenvalue weighted by atomic mass is 10.1. The third-order valence-electron chi connectivity index (χ3n) is 6.83. The first-order chi connectivity index (χ1) is 19.7. The van der Waals surface area contributed by atoms with Crippen LogP contribution < -0.4 is 19.9 Å². The van der Waals surface area contributed by atoms with E-state index in [1.54, 1.807) is 46.2 Å². The molecular weight excluding hydrogens is 565 g/mol. The summed E-state index contributed by atoms with van der Waals surface area (Å²) in [6.45, 7) is 2.98. The van der Waals surface area contributed by atoms with Gasteiger partial charge in [-0.15, -0.1) is 0 Å². The zero-order valence-corrected chi connectivity index (χ0v) is 22.7. The fourth-order valence-corrected chi connectivity index (χ4v) is 4.90. The number of rotatable bonds is 5. The third kappa shape index (κ3) is 6.84. The largest absolute Gasteiger partial charge is 0.437 e. The minimum atomic E-state index is -4.85. The number of alkyl halides is 3. The second-order valence-electron chi connectivity index (χ2n) is 9.70. The number of oxazole rings is 1. The number of carbonyl (C=O) groups is 2. The first-order valence-electron chi connectivity index (χ1n) is 13.3. The first-order valence-corrected chi connectivity index (χ1v) is 13.6. The lowest BCUT2D eigenvalue weighted by molar-refractivity contribution is -0.141. The van der Waals surface area contributed by atoms with Crippen molar-refractivity contribution in [2.75, 3.05) is 54.4 Å². The predicted octanol–water partition coefficient (Wildman–Crippen LogP) is 5.70. The molecule has 4 heterocycles. The number of halogens is 4. The molecular formula is C27H28ClF3N6O4. The fraction of sp³-hybridized carbons (Fsp3) is 0.407. The van der Waals surface area contributed by atoms with E-state index in [-0.39, 0.29) is 17.5 Å². The van der Waals surface area contributed by atoms with Gasteiger partial charge in [0.2, 0.25) is 5.76 Å². The number of amides is 2. The lowest BCUT2D eigenvalue weighted by Crippen LogP contribution is -2.37. The molecule has 2 aliphatic heterocycles. The van der Waals surface area contributed by atoms with Crippen LogP contribution in [0.5, 0.6) is 5.75 Å². The number of aromatic nitrogens is 2. The summed E-state index contributed by atoms with van der Waals surface area (Å²) in [6.07, 6.45) is -0.742. The summed E-state index contributed by atoms with van der Waals surface area (Å²) in [4.78, 5) is 38.6.